The number of piperidine rings is 1. The Morgan fingerprint density at radius 2 is 2.36 bits per heavy atom. The van der Waals surface area contributed by atoms with E-state index in [1.165, 1.54) is 5.56 Å². The number of hydrogen-bond acceptors (Lipinski definition) is 5. The van der Waals surface area contributed by atoms with Crippen molar-refractivity contribution in [3.63, 3.8) is 0 Å². The third-order valence-electron chi connectivity index (χ3n) is 5.35. The molecule has 3 heterocycles. The van der Waals surface area contributed by atoms with Gasteiger partial charge < -0.3 is 14.4 Å². The first-order valence-corrected chi connectivity index (χ1v) is 9.08. The summed E-state index contributed by atoms with van der Waals surface area (Å²) in [6.45, 7) is 4.44. The van der Waals surface area contributed by atoms with Gasteiger partial charge in [0.25, 0.3) is 0 Å². The van der Waals surface area contributed by atoms with Gasteiger partial charge in [-0.3, -0.25) is 14.4 Å². The van der Waals surface area contributed by atoms with Crippen molar-refractivity contribution >= 4 is 5.91 Å². The van der Waals surface area contributed by atoms with E-state index in [4.69, 9.17) is 9.47 Å². The molecule has 0 unspecified atom stereocenters. The van der Waals surface area contributed by atoms with Crippen LogP contribution in [-0.2, 0) is 27.9 Å². The molecule has 0 radical (unpaired) electrons. The molecule has 0 spiro atoms. The van der Waals surface area contributed by atoms with Crippen LogP contribution in [0.2, 0.25) is 0 Å². The summed E-state index contributed by atoms with van der Waals surface area (Å²) in [5.74, 6) is 0.00713. The maximum absolute atomic E-state index is 11.8. The van der Waals surface area contributed by atoms with Crippen LogP contribution in [0.15, 0.2) is 12.4 Å². The lowest BCUT2D eigenvalue weighted by Gasteiger charge is -2.50. The molecule has 140 valence electrons. The lowest BCUT2D eigenvalue weighted by molar-refractivity contribution is -0.160. The van der Waals surface area contributed by atoms with E-state index in [0.29, 0.717) is 6.61 Å². The summed E-state index contributed by atoms with van der Waals surface area (Å²) >= 11 is 0. The summed E-state index contributed by atoms with van der Waals surface area (Å²) in [6, 6.07) is 0. The fraction of sp³-hybridized carbons (Fsp3) is 0.778. The van der Waals surface area contributed by atoms with Gasteiger partial charge >= 0.3 is 0 Å². The van der Waals surface area contributed by atoms with Gasteiger partial charge in [-0.05, 0) is 19.3 Å². The van der Waals surface area contributed by atoms with Gasteiger partial charge in [0.15, 0.2) is 0 Å². The standard InChI is InChI=1S/C18H30N4O3/c1-20(2)17(23)12-24-14-18-6-4-8-25-16(18)5-7-22(13-18)11-15-9-19-21(3)10-15/h9-10,16H,4-8,11-14H2,1-3H3/t16-,18-/m1/s1. The number of hydrogen-bond donors (Lipinski definition) is 0. The van der Waals surface area contributed by atoms with Crippen molar-refractivity contribution in [2.45, 2.75) is 31.9 Å². The van der Waals surface area contributed by atoms with E-state index in [2.05, 4.69) is 16.2 Å². The molecular formula is C18H30N4O3. The summed E-state index contributed by atoms with van der Waals surface area (Å²) in [7, 11) is 5.46. The highest BCUT2D eigenvalue weighted by Crippen LogP contribution is 2.40. The maximum atomic E-state index is 11.8. The Morgan fingerprint density at radius 1 is 1.52 bits per heavy atom. The van der Waals surface area contributed by atoms with Crippen molar-refractivity contribution in [2.75, 3.05) is 47.0 Å². The lowest BCUT2D eigenvalue weighted by atomic mass is 9.73. The molecule has 2 saturated heterocycles. The van der Waals surface area contributed by atoms with Crippen LogP contribution >= 0.6 is 0 Å². The molecule has 0 aliphatic carbocycles. The number of carbonyl (C=O) groups excluding carboxylic acids is 1. The number of likely N-dealkylation sites (N-methyl/N-ethyl adjacent to an activating group) is 1. The molecule has 0 N–H and O–H groups in total. The third kappa shape index (κ3) is 4.40. The fourth-order valence-corrected chi connectivity index (χ4v) is 4.01. The Labute approximate surface area is 149 Å². The van der Waals surface area contributed by atoms with Crippen molar-refractivity contribution in [2.24, 2.45) is 12.5 Å². The highest BCUT2D eigenvalue weighted by Gasteiger charge is 2.46. The zero-order valence-corrected chi connectivity index (χ0v) is 15.6. The molecule has 0 aromatic carbocycles. The van der Waals surface area contributed by atoms with Crippen LogP contribution in [0.5, 0.6) is 0 Å². The number of fused-ring (bicyclic) bond motifs is 1. The first-order chi connectivity index (χ1) is 12.0. The SMILES string of the molecule is CN(C)C(=O)COC[C@]12CCCO[C@@H]1CCN(Cc1cnn(C)c1)C2. The topological polar surface area (TPSA) is 59.8 Å². The monoisotopic (exact) mass is 350 g/mol. The lowest BCUT2D eigenvalue weighted by Crippen LogP contribution is -2.56. The molecule has 2 aliphatic rings. The van der Waals surface area contributed by atoms with Crippen LogP contribution in [0.1, 0.15) is 24.8 Å². The highest BCUT2D eigenvalue weighted by molar-refractivity contribution is 5.76. The van der Waals surface area contributed by atoms with E-state index in [0.717, 1.165) is 45.5 Å². The molecule has 0 bridgehead atoms. The second-order valence-electron chi connectivity index (χ2n) is 7.63. The quantitative estimate of drug-likeness (QED) is 0.763. The van der Waals surface area contributed by atoms with Gasteiger partial charge in [-0.15, -0.1) is 0 Å². The first-order valence-electron chi connectivity index (χ1n) is 9.08. The van der Waals surface area contributed by atoms with E-state index in [1.54, 1.807) is 19.0 Å². The first kappa shape index (κ1) is 18.4. The smallest absolute Gasteiger partial charge is 0.248 e. The van der Waals surface area contributed by atoms with Crippen LogP contribution in [0.3, 0.4) is 0 Å². The van der Waals surface area contributed by atoms with Crippen molar-refractivity contribution in [3.8, 4) is 0 Å². The minimum absolute atomic E-state index is 0.00713. The molecule has 1 aromatic heterocycles. The number of rotatable bonds is 6. The minimum Gasteiger partial charge on any atom is -0.377 e. The number of likely N-dealkylation sites (tertiary alicyclic amines) is 1. The van der Waals surface area contributed by atoms with Gasteiger partial charge in [0.2, 0.25) is 5.91 Å². The Balaban J connectivity index is 1.62. The summed E-state index contributed by atoms with van der Waals surface area (Å²) in [5, 5.41) is 4.26. The molecule has 1 aromatic rings. The zero-order chi connectivity index (χ0) is 17.9. The molecule has 2 fully saturated rings. The van der Waals surface area contributed by atoms with Crippen molar-refractivity contribution in [1.29, 1.82) is 0 Å². The average Bonchev–Trinajstić information content (AvgIpc) is 2.99. The molecule has 7 heteroatoms. The normalized spacial score (nSPS) is 27.1. The van der Waals surface area contributed by atoms with E-state index in [-0.39, 0.29) is 24.0 Å². The van der Waals surface area contributed by atoms with E-state index < -0.39 is 0 Å². The molecule has 25 heavy (non-hydrogen) atoms. The Bertz CT molecular complexity index is 589. The molecule has 7 nitrogen and oxygen atoms in total. The summed E-state index contributed by atoms with van der Waals surface area (Å²) in [4.78, 5) is 15.8. The van der Waals surface area contributed by atoms with Gasteiger partial charge in [-0.1, -0.05) is 0 Å². The Hall–Kier alpha value is -1.44. The van der Waals surface area contributed by atoms with E-state index in [9.17, 15) is 4.79 Å². The molecular weight excluding hydrogens is 320 g/mol. The molecule has 1 amide bonds. The number of amides is 1. The third-order valence-corrected chi connectivity index (χ3v) is 5.35. The largest absolute Gasteiger partial charge is 0.377 e. The van der Waals surface area contributed by atoms with Crippen LogP contribution in [0, 0.1) is 5.41 Å². The number of carbonyl (C=O) groups is 1. The Kier molecular flexibility index (Phi) is 5.76. The number of aryl methyl sites for hydroxylation is 1. The van der Waals surface area contributed by atoms with Crippen molar-refractivity contribution in [1.82, 2.24) is 19.6 Å². The summed E-state index contributed by atoms with van der Waals surface area (Å²) < 4.78 is 13.8. The zero-order valence-electron chi connectivity index (χ0n) is 15.6. The molecule has 0 saturated carbocycles. The molecule has 2 aliphatic heterocycles. The summed E-state index contributed by atoms with van der Waals surface area (Å²) in [6.07, 6.45) is 7.41. The Morgan fingerprint density at radius 3 is 3.08 bits per heavy atom. The van der Waals surface area contributed by atoms with E-state index in [1.807, 2.05) is 17.9 Å². The fourth-order valence-electron chi connectivity index (χ4n) is 4.01. The molecule has 3 rings (SSSR count). The van der Waals surface area contributed by atoms with Crippen LogP contribution in [0.25, 0.3) is 0 Å². The van der Waals surface area contributed by atoms with Crippen molar-refractivity contribution < 1.29 is 14.3 Å². The highest BCUT2D eigenvalue weighted by atomic mass is 16.5. The van der Waals surface area contributed by atoms with E-state index >= 15 is 0 Å². The number of ether oxygens (including phenoxy) is 2. The number of nitrogens with zero attached hydrogens (tertiary/aromatic N) is 4. The predicted molar refractivity (Wildman–Crippen MR) is 94.0 cm³/mol. The second kappa shape index (κ2) is 7.85. The second-order valence-corrected chi connectivity index (χ2v) is 7.63. The average molecular weight is 350 g/mol. The maximum Gasteiger partial charge on any atom is 0.248 e. The van der Waals surface area contributed by atoms with Crippen molar-refractivity contribution in [3.05, 3.63) is 18.0 Å². The van der Waals surface area contributed by atoms with Gasteiger partial charge in [0.1, 0.15) is 6.61 Å². The minimum atomic E-state index is -0.00863. The summed E-state index contributed by atoms with van der Waals surface area (Å²) in [5.41, 5.74) is 1.22. The van der Waals surface area contributed by atoms with Gasteiger partial charge in [0, 0.05) is 64.6 Å². The van der Waals surface area contributed by atoms with Gasteiger partial charge in [-0.2, -0.15) is 5.10 Å². The predicted octanol–water partition coefficient (Wildman–Crippen LogP) is 0.896. The van der Waals surface area contributed by atoms with Crippen LogP contribution in [-0.4, -0.2) is 78.6 Å². The number of aromatic nitrogens is 2. The van der Waals surface area contributed by atoms with Crippen LogP contribution < -0.4 is 0 Å². The van der Waals surface area contributed by atoms with Crippen LogP contribution in [0.4, 0.5) is 0 Å². The van der Waals surface area contributed by atoms with Gasteiger partial charge in [-0.25, -0.2) is 0 Å². The van der Waals surface area contributed by atoms with Gasteiger partial charge in [0.05, 0.1) is 18.9 Å². The molecule has 2 atom stereocenters.